The number of rotatable bonds is 3. The predicted octanol–water partition coefficient (Wildman–Crippen LogP) is 2.31. The van der Waals surface area contributed by atoms with E-state index in [1.54, 1.807) is 18.3 Å². The van der Waals surface area contributed by atoms with Gasteiger partial charge >= 0.3 is 0 Å². The van der Waals surface area contributed by atoms with Crippen molar-refractivity contribution < 1.29 is 9.53 Å². The van der Waals surface area contributed by atoms with Crippen LogP contribution in [0.4, 0.5) is 0 Å². The fraction of sp³-hybridized carbons (Fsp3) is 0.294. The largest absolute Gasteiger partial charge is 0.439 e. The van der Waals surface area contributed by atoms with Gasteiger partial charge in [-0.15, -0.1) is 0 Å². The van der Waals surface area contributed by atoms with E-state index in [0.29, 0.717) is 11.4 Å². The summed E-state index contributed by atoms with van der Waals surface area (Å²) >= 11 is 0. The Labute approximate surface area is 129 Å². The highest BCUT2D eigenvalue weighted by Crippen LogP contribution is 2.19. The molecule has 0 spiro atoms. The molecule has 1 fully saturated rings. The summed E-state index contributed by atoms with van der Waals surface area (Å²) in [7, 11) is 0. The van der Waals surface area contributed by atoms with E-state index in [1.807, 2.05) is 42.2 Å². The molecule has 22 heavy (non-hydrogen) atoms. The number of carbonyl (C=O) groups is 1. The highest BCUT2D eigenvalue weighted by Gasteiger charge is 2.24. The van der Waals surface area contributed by atoms with E-state index in [1.165, 1.54) is 0 Å². The fourth-order valence-corrected chi connectivity index (χ4v) is 2.49. The van der Waals surface area contributed by atoms with Gasteiger partial charge in [-0.05, 0) is 25.1 Å². The molecule has 1 aliphatic heterocycles. The van der Waals surface area contributed by atoms with Crippen LogP contribution in [0.15, 0.2) is 48.7 Å². The zero-order valence-electron chi connectivity index (χ0n) is 12.5. The van der Waals surface area contributed by atoms with E-state index in [-0.39, 0.29) is 11.9 Å². The molecule has 0 aliphatic carbocycles. The number of hydrogen-bond acceptors (Lipinski definition) is 4. The second-order valence-electron chi connectivity index (χ2n) is 5.35. The first kappa shape index (κ1) is 14.5. The summed E-state index contributed by atoms with van der Waals surface area (Å²) in [5, 5.41) is 3.28. The molecular weight excluding hydrogens is 278 g/mol. The quantitative estimate of drug-likeness (QED) is 0.944. The average molecular weight is 297 g/mol. The molecule has 1 amide bonds. The average Bonchev–Trinajstić information content (AvgIpc) is 2.56. The Kier molecular flexibility index (Phi) is 4.34. The number of carbonyl (C=O) groups excluding carboxylic acids is 1. The Balaban J connectivity index is 1.69. The molecule has 5 nitrogen and oxygen atoms in total. The Morgan fingerprint density at radius 1 is 1.27 bits per heavy atom. The standard InChI is InChI=1S/C17H19N3O2/c1-13-11-18-9-10-20(13)17(21)14-7-8-16(19-12-14)22-15-5-3-2-4-6-15/h2-8,12-13,18H,9-11H2,1H3/t13-/m1/s1. The van der Waals surface area contributed by atoms with Gasteiger partial charge in [0.05, 0.1) is 5.56 Å². The van der Waals surface area contributed by atoms with Crippen LogP contribution in [0, 0.1) is 0 Å². The molecule has 1 saturated heterocycles. The Morgan fingerprint density at radius 3 is 2.77 bits per heavy atom. The first-order valence-corrected chi connectivity index (χ1v) is 7.44. The van der Waals surface area contributed by atoms with Crippen molar-refractivity contribution in [2.75, 3.05) is 19.6 Å². The summed E-state index contributed by atoms with van der Waals surface area (Å²) in [6.07, 6.45) is 1.58. The van der Waals surface area contributed by atoms with Crippen LogP contribution in [0.5, 0.6) is 11.6 Å². The molecule has 3 rings (SSSR count). The van der Waals surface area contributed by atoms with Crippen molar-refractivity contribution in [3.63, 3.8) is 0 Å². The summed E-state index contributed by atoms with van der Waals surface area (Å²) in [5.74, 6) is 1.23. The molecule has 1 N–H and O–H groups in total. The maximum absolute atomic E-state index is 12.5. The van der Waals surface area contributed by atoms with Crippen LogP contribution in [-0.2, 0) is 0 Å². The molecule has 2 aromatic rings. The molecule has 1 aromatic carbocycles. The molecule has 2 heterocycles. The van der Waals surface area contributed by atoms with Crippen LogP contribution in [0.3, 0.4) is 0 Å². The maximum atomic E-state index is 12.5. The van der Waals surface area contributed by atoms with Crippen LogP contribution in [0.2, 0.25) is 0 Å². The molecule has 0 unspecified atom stereocenters. The van der Waals surface area contributed by atoms with Gasteiger partial charge < -0.3 is 15.0 Å². The molecule has 1 atom stereocenters. The molecule has 0 saturated carbocycles. The van der Waals surface area contributed by atoms with Crippen molar-refractivity contribution in [3.05, 3.63) is 54.2 Å². The van der Waals surface area contributed by atoms with E-state index in [4.69, 9.17) is 4.74 Å². The molecular formula is C17H19N3O2. The van der Waals surface area contributed by atoms with Gasteiger partial charge in [0.1, 0.15) is 5.75 Å². The van der Waals surface area contributed by atoms with Gasteiger partial charge in [-0.3, -0.25) is 4.79 Å². The number of hydrogen-bond donors (Lipinski definition) is 1. The van der Waals surface area contributed by atoms with Gasteiger partial charge in [0.15, 0.2) is 0 Å². The van der Waals surface area contributed by atoms with Crippen molar-refractivity contribution in [1.29, 1.82) is 0 Å². The number of aromatic nitrogens is 1. The first-order chi connectivity index (χ1) is 10.7. The summed E-state index contributed by atoms with van der Waals surface area (Å²) in [5.41, 5.74) is 0.592. The Bertz CT molecular complexity index is 628. The van der Waals surface area contributed by atoms with E-state index in [0.717, 1.165) is 25.4 Å². The number of piperazine rings is 1. The summed E-state index contributed by atoms with van der Waals surface area (Å²) in [6.45, 7) is 4.43. The van der Waals surface area contributed by atoms with Gasteiger partial charge in [-0.25, -0.2) is 4.98 Å². The van der Waals surface area contributed by atoms with Crippen molar-refractivity contribution in [2.24, 2.45) is 0 Å². The van der Waals surface area contributed by atoms with Gasteiger partial charge in [0.2, 0.25) is 5.88 Å². The summed E-state index contributed by atoms with van der Waals surface area (Å²) in [6, 6.07) is 13.2. The lowest BCUT2D eigenvalue weighted by Gasteiger charge is -2.33. The number of nitrogens with one attached hydrogen (secondary N) is 1. The number of para-hydroxylation sites is 1. The van der Waals surface area contributed by atoms with Crippen LogP contribution in [0.1, 0.15) is 17.3 Å². The zero-order chi connectivity index (χ0) is 15.4. The highest BCUT2D eigenvalue weighted by molar-refractivity contribution is 5.94. The zero-order valence-corrected chi connectivity index (χ0v) is 12.5. The smallest absolute Gasteiger partial charge is 0.255 e. The van der Waals surface area contributed by atoms with E-state index >= 15 is 0 Å². The first-order valence-electron chi connectivity index (χ1n) is 7.44. The van der Waals surface area contributed by atoms with Crippen LogP contribution in [-0.4, -0.2) is 41.5 Å². The Morgan fingerprint density at radius 2 is 2.09 bits per heavy atom. The van der Waals surface area contributed by atoms with Gasteiger partial charge in [-0.2, -0.15) is 0 Å². The van der Waals surface area contributed by atoms with E-state index < -0.39 is 0 Å². The normalized spacial score (nSPS) is 18.0. The third kappa shape index (κ3) is 3.26. The lowest BCUT2D eigenvalue weighted by Crippen LogP contribution is -2.52. The third-order valence-corrected chi connectivity index (χ3v) is 3.71. The number of ether oxygens (including phenoxy) is 1. The van der Waals surface area contributed by atoms with Gasteiger partial charge in [-0.1, -0.05) is 18.2 Å². The lowest BCUT2D eigenvalue weighted by atomic mass is 10.1. The molecule has 5 heteroatoms. The molecule has 114 valence electrons. The molecule has 0 bridgehead atoms. The highest BCUT2D eigenvalue weighted by atomic mass is 16.5. The van der Waals surface area contributed by atoms with Crippen LogP contribution >= 0.6 is 0 Å². The van der Waals surface area contributed by atoms with Gasteiger partial charge in [0, 0.05) is 37.9 Å². The number of pyridine rings is 1. The minimum absolute atomic E-state index is 0.0211. The predicted molar refractivity (Wildman–Crippen MR) is 84.1 cm³/mol. The SMILES string of the molecule is C[C@@H]1CNCCN1C(=O)c1ccc(Oc2ccccc2)nc1. The number of nitrogens with zero attached hydrogens (tertiary/aromatic N) is 2. The lowest BCUT2D eigenvalue weighted by molar-refractivity contribution is 0.0655. The van der Waals surface area contributed by atoms with E-state index in [9.17, 15) is 4.79 Å². The van der Waals surface area contributed by atoms with Crippen LogP contribution in [0.25, 0.3) is 0 Å². The molecule has 1 aliphatic rings. The van der Waals surface area contributed by atoms with E-state index in [2.05, 4.69) is 10.3 Å². The van der Waals surface area contributed by atoms with Crippen molar-refractivity contribution in [3.8, 4) is 11.6 Å². The fourth-order valence-electron chi connectivity index (χ4n) is 2.49. The second kappa shape index (κ2) is 6.58. The van der Waals surface area contributed by atoms with Crippen molar-refractivity contribution >= 4 is 5.91 Å². The van der Waals surface area contributed by atoms with Gasteiger partial charge in [0.25, 0.3) is 5.91 Å². The van der Waals surface area contributed by atoms with Crippen LogP contribution < -0.4 is 10.1 Å². The number of benzene rings is 1. The summed E-state index contributed by atoms with van der Waals surface area (Å²) < 4.78 is 5.63. The maximum Gasteiger partial charge on any atom is 0.255 e. The minimum atomic E-state index is 0.0211. The molecule has 0 radical (unpaired) electrons. The topological polar surface area (TPSA) is 54.5 Å². The summed E-state index contributed by atoms with van der Waals surface area (Å²) in [4.78, 5) is 18.6. The molecule has 1 aromatic heterocycles. The monoisotopic (exact) mass is 297 g/mol. The third-order valence-electron chi connectivity index (χ3n) is 3.71. The minimum Gasteiger partial charge on any atom is -0.439 e. The van der Waals surface area contributed by atoms with Crippen molar-refractivity contribution in [2.45, 2.75) is 13.0 Å². The van der Waals surface area contributed by atoms with Crippen molar-refractivity contribution in [1.82, 2.24) is 15.2 Å². The number of amides is 1. The second-order valence-corrected chi connectivity index (χ2v) is 5.35. The Hall–Kier alpha value is -2.40.